The van der Waals surface area contributed by atoms with Gasteiger partial charge in [0, 0.05) is 19.0 Å². The fraction of sp³-hybridized carbons (Fsp3) is 0.393. The zero-order chi connectivity index (χ0) is 24.8. The SMILES string of the molecule is CCCC1(C(=O)O)CCN(C(=O)C#CCNC(=O)OCC2c3ccccc3-c3ccccc32)CC1. The number of nitrogens with one attached hydrogen (secondary N) is 1. The lowest BCUT2D eigenvalue weighted by molar-refractivity contribution is -0.154. The number of carboxylic acids is 1. The topological polar surface area (TPSA) is 95.9 Å². The van der Waals surface area contributed by atoms with Crippen molar-refractivity contribution in [2.24, 2.45) is 5.41 Å². The molecule has 1 saturated heterocycles. The molecule has 7 heteroatoms. The molecule has 4 rings (SSSR count). The van der Waals surface area contributed by atoms with E-state index in [0.29, 0.717) is 32.4 Å². The molecule has 2 aromatic carbocycles. The van der Waals surface area contributed by atoms with Gasteiger partial charge in [0.25, 0.3) is 5.91 Å². The molecule has 0 bridgehead atoms. The van der Waals surface area contributed by atoms with Gasteiger partial charge in [0.15, 0.2) is 0 Å². The highest BCUT2D eigenvalue weighted by Crippen LogP contribution is 2.44. The summed E-state index contributed by atoms with van der Waals surface area (Å²) >= 11 is 0. The van der Waals surface area contributed by atoms with Crippen molar-refractivity contribution in [3.63, 3.8) is 0 Å². The summed E-state index contributed by atoms with van der Waals surface area (Å²) in [7, 11) is 0. The standard InChI is InChI=1S/C28H30N2O5/c1-2-13-28(26(32)33)14-17-30(18-15-28)25(31)12-7-16-29-27(34)35-19-24-22-10-5-3-8-20(22)21-9-4-6-11-23(21)24/h3-6,8-11,24H,2,13-19H2,1H3,(H,29,34)(H,32,33). The maximum Gasteiger partial charge on any atom is 0.407 e. The Bertz CT molecular complexity index is 1130. The molecule has 0 unspecified atom stereocenters. The molecule has 2 amide bonds. The number of nitrogens with zero attached hydrogens (tertiary/aromatic N) is 1. The fourth-order valence-corrected chi connectivity index (χ4v) is 5.15. The van der Waals surface area contributed by atoms with Crippen molar-refractivity contribution in [1.82, 2.24) is 10.2 Å². The van der Waals surface area contributed by atoms with Gasteiger partial charge in [-0.15, -0.1) is 0 Å². The number of hydrogen-bond donors (Lipinski definition) is 2. The van der Waals surface area contributed by atoms with Gasteiger partial charge in [-0.25, -0.2) is 4.79 Å². The van der Waals surface area contributed by atoms with Crippen LogP contribution in [0.3, 0.4) is 0 Å². The normalized spacial score (nSPS) is 15.9. The number of hydrogen-bond acceptors (Lipinski definition) is 4. The Morgan fingerprint density at radius 1 is 1.06 bits per heavy atom. The van der Waals surface area contributed by atoms with Gasteiger partial charge >= 0.3 is 12.1 Å². The summed E-state index contributed by atoms with van der Waals surface area (Å²) in [5.41, 5.74) is 3.85. The van der Waals surface area contributed by atoms with Gasteiger partial charge in [-0.2, -0.15) is 0 Å². The number of carboxylic acid groups (broad SMARTS) is 1. The molecule has 2 N–H and O–H groups in total. The smallest absolute Gasteiger partial charge is 0.407 e. The Labute approximate surface area is 205 Å². The first-order valence-electron chi connectivity index (χ1n) is 12.1. The molecule has 182 valence electrons. The van der Waals surface area contributed by atoms with E-state index in [1.807, 2.05) is 31.2 Å². The third-order valence-corrected chi connectivity index (χ3v) is 7.05. The predicted molar refractivity (Wildman–Crippen MR) is 132 cm³/mol. The lowest BCUT2D eigenvalue weighted by Crippen LogP contribution is -2.46. The molecule has 7 nitrogen and oxygen atoms in total. The van der Waals surface area contributed by atoms with Crippen molar-refractivity contribution in [3.8, 4) is 23.0 Å². The number of piperidine rings is 1. The Balaban J connectivity index is 1.24. The van der Waals surface area contributed by atoms with Crippen molar-refractivity contribution in [3.05, 3.63) is 59.7 Å². The number of amides is 2. The summed E-state index contributed by atoms with van der Waals surface area (Å²) in [6.07, 6.45) is 1.68. The number of likely N-dealkylation sites (tertiary alicyclic amines) is 1. The van der Waals surface area contributed by atoms with Gasteiger partial charge in [0.2, 0.25) is 0 Å². The van der Waals surface area contributed by atoms with Crippen LogP contribution in [0.25, 0.3) is 11.1 Å². The van der Waals surface area contributed by atoms with Crippen LogP contribution in [0, 0.1) is 17.3 Å². The second kappa shape index (κ2) is 10.6. The second-order valence-electron chi connectivity index (χ2n) is 9.11. The van der Waals surface area contributed by atoms with Crippen LogP contribution in [0.4, 0.5) is 4.79 Å². The van der Waals surface area contributed by atoms with Crippen molar-refractivity contribution in [1.29, 1.82) is 0 Å². The third kappa shape index (κ3) is 5.17. The molecule has 0 aromatic heterocycles. The fourth-order valence-electron chi connectivity index (χ4n) is 5.15. The summed E-state index contributed by atoms with van der Waals surface area (Å²) in [4.78, 5) is 37.9. The van der Waals surface area contributed by atoms with E-state index in [9.17, 15) is 19.5 Å². The average Bonchev–Trinajstić information content (AvgIpc) is 3.19. The Kier molecular flexibility index (Phi) is 7.40. The molecular weight excluding hydrogens is 444 g/mol. The van der Waals surface area contributed by atoms with E-state index in [0.717, 1.165) is 28.7 Å². The summed E-state index contributed by atoms with van der Waals surface area (Å²) in [6, 6.07) is 16.2. The maximum atomic E-state index is 12.4. The van der Waals surface area contributed by atoms with E-state index in [4.69, 9.17) is 4.74 Å². The second-order valence-corrected chi connectivity index (χ2v) is 9.11. The quantitative estimate of drug-likeness (QED) is 0.617. The monoisotopic (exact) mass is 474 g/mol. The number of carbonyl (C=O) groups excluding carboxylic acids is 2. The number of rotatable bonds is 6. The maximum absolute atomic E-state index is 12.4. The van der Waals surface area contributed by atoms with Crippen LogP contribution in [0.2, 0.25) is 0 Å². The van der Waals surface area contributed by atoms with Crippen LogP contribution >= 0.6 is 0 Å². The van der Waals surface area contributed by atoms with E-state index in [2.05, 4.69) is 41.4 Å². The van der Waals surface area contributed by atoms with Crippen LogP contribution in [-0.4, -0.2) is 54.2 Å². The van der Waals surface area contributed by atoms with Gasteiger partial charge in [-0.1, -0.05) is 67.8 Å². The molecule has 2 aromatic rings. The lowest BCUT2D eigenvalue weighted by Gasteiger charge is -2.38. The van der Waals surface area contributed by atoms with Gasteiger partial charge < -0.3 is 20.1 Å². The van der Waals surface area contributed by atoms with Crippen LogP contribution in [0.1, 0.15) is 49.7 Å². The molecule has 2 aliphatic rings. The zero-order valence-corrected chi connectivity index (χ0v) is 19.9. The lowest BCUT2D eigenvalue weighted by atomic mass is 9.75. The van der Waals surface area contributed by atoms with Crippen LogP contribution in [-0.2, 0) is 14.3 Å². The molecule has 1 fully saturated rings. The number of aliphatic carboxylic acids is 1. The molecule has 0 saturated carbocycles. The van der Waals surface area contributed by atoms with Gasteiger partial charge in [-0.05, 0) is 47.4 Å². The molecule has 35 heavy (non-hydrogen) atoms. The van der Waals surface area contributed by atoms with E-state index >= 15 is 0 Å². The Morgan fingerprint density at radius 2 is 1.66 bits per heavy atom. The molecular formula is C28H30N2O5. The average molecular weight is 475 g/mol. The largest absolute Gasteiger partial charge is 0.481 e. The van der Waals surface area contributed by atoms with Gasteiger partial charge in [0.1, 0.15) is 6.61 Å². The summed E-state index contributed by atoms with van der Waals surface area (Å²) < 4.78 is 5.46. The summed E-state index contributed by atoms with van der Waals surface area (Å²) in [5, 5.41) is 12.2. The van der Waals surface area contributed by atoms with Crippen LogP contribution in [0.5, 0.6) is 0 Å². The van der Waals surface area contributed by atoms with Gasteiger partial charge in [-0.3, -0.25) is 9.59 Å². The number of benzene rings is 2. The highest BCUT2D eigenvalue weighted by atomic mass is 16.5. The predicted octanol–water partition coefficient (Wildman–Crippen LogP) is 4.02. The van der Waals surface area contributed by atoms with Gasteiger partial charge in [0.05, 0.1) is 12.0 Å². The Morgan fingerprint density at radius 3 is 2.23 bits per heavy atom. The minimum Gasteiger partial charge on any atom is -0.481 e. The zero-order valence-electron chi connectivity index (χ0n) is 19.9. The number of alkyl carbamates (subject to hydrolysis) is 1. The van der Waals surface area contributed by atoms with E-state index in [-0.39, 0.29) is 25.0 Å². The minimum atomic E-state index is -0.787. The number of carbonyl (C=O) groups is 3. The number of fused-ring (bicyclic) bond motifs is 3. The first-order chi connectivity index (χ1) is 16.9. The molecule has 1 aliphatic heterocycles. The summed E-state index contributed by atoms with van der Waals surface area (Å²) in [5.74, 6) is 4.05. The molecule has 0 spiro atoms. The van der Waals surface area contributed by atoms with Crippen molar-refractivity contribution < 1.29 is 24.2 Å². The highest BCUT2D eigenvalue weighted by Gasteiger charge is 2.41. The minimum absolute atomic E-state index is 0.00878. The van der Waals surface area contributed by atoms with Crippen molar-refractivity contribution >= 4 is 18.0 Å². The molecule has 1 heterocycles. The third-order valence-electron chi connectivity index (χ3n) is 7.05. The molecule has 0 radical (unpaired) electrons. The first kappa shape index (κ1) is 24.3. The summed E-state index contributed by atoms with van der Waals surface area (Å²) in [6.45, 7) is 2.92. The number of ether oxygens (including phenoxy) is 1. The van der Waals surface area contributed by atoms with Crippen LogP contribution in [0.15, 0.2) is 48.5 Å². The van der Waals surface area contributed by atoms with Crippen molar-refractivity contribution in [2.45, 2.75) is 38.5 Å². The van der Waals surface area contributed by atoms with E-state index in [1.54, 1.807) is 4.90 Å². The first-order valence-corrected chi connectivity index (χ1v) is 12.1. The highest BCUT2D eigenvalue weighted by molar-refractivity contribution is 5.93. The van der Waals surface area contributed by atoms with E-state index in [1.165, 1.54) is 0 Å². The molecule has 0 atom stereocenters. The van der Waals surface area contributed by atoms with Crippen LogP contribution < -0.4 is 5.32 Å². The van der Waals surface area contributed by atoms with E-state index < -0.39 is 17.5 Å². The van der Waals surface area contributed by atoms with Crippen molar-refractivity contribution in [2.75, 3.05) is 26.2 Å². The Hall–Kier alpha value is -3.79. The molecule has 1 aliphatic carbocycles.